The minimum Gasteiger partial charge on any atom is -0.490 e. The van der Waals surface area contributed by atoms with E-state index < -0.39 is 0 Å². The highest BCUT2D eigenvalue weighted by molar-refractivity contribution is 5.94. The number of carbonyl (C=O) groups excluding carboxylic acids is 2. The molecular formula is C23H33N3O3. The molecule has 1 aliphatic carbocycles. The van der Waals surface area contributed by atoms with E-state index in [1.165, 1.54) is 12.8 Å². The van der Waals surface area contributed by atoms with Crippen molar-refractivity contribution in [3.63, 3.8) is 0 Å². The number of nitrogens with one attached hydrogen (secondary N) is 1. The fourth-order valence-corrected chi connectivity index (χ4v) is 4.46. The topological polar surface area (TPSA) is 61.9 Å². The summed E-state index contributed by atoms with van der Waals surface area (Å²) in [5.41, 5.74) is 0.668. The Labute approximate surface area is 173 Å². The monoisotopic (exact) mass is 399 g/mol. The summed E-state index contributed by atoms with van der Waals surface area (Å²) in [5.74, 6) is 1.40. The van der Waals surface area contributed by atoms with Gasteiger partial charge in [-0.1, -0.05) is 0 Å². The molecule has 0 unspecified atom stereocenters. The lowest BCUT2D eigenvalue weighted by Crippen LogP contribution is -2.42. The van der Waals surface area contributed by atoms with E-state index in [0.29, 0.717) is 30.0 Å². The first kappa shape index (κ1) is 20.2. The van der Waals surface area contributed by atoms with Gasteiger partial charge in [0.25, 0.3) is 5.91 Å². The Morgan fingerprint density at radius 2 is 1.76 bits per heavy atom. The van der Waals surface area contributed by atoms with Gasteiger partial charge in [0.2, 0.25) is 5.91 Å². The van der Waals surface area contributed by atoms with E-state index in [1.54, 1.807) is 0 Å². The van der Waals surface area contributed by atoms with E-state index in [1.807, 2.05) is 29.2 Å². The van der Waals surface area contributed by atoms with Gasteiger partial charge in [0.05, 0.1) is 0 Å². The van der Waals surface area contributed by atoms with Crippen LogP contribution in [0.3, 0.4) is 0 Å². The average Bonchev–Trinajstić information content (AvgIpc) is 3.51. The average molecular weight is 400 g/mol. The Bertz CT molecular complexity index is 709. The second-order valence-corrected chi connectivity index (χ2v) is 8.76. The molecule has 2 heterocycles. The van der Waals surface area contributed by atoms with Crippen LogP contribution in [-0.2, 0) is 4.79 Å². The zero-order chi connectivity index (χ0) is 20.2. The molecule has 2 aliphatic heterocycles. The molecule has 1 N–H and O–H groups in total. The van der Waals surface area contributed by atoms with Crippen molar-refractivity contribution < 1.29 is 14.3 Å². The fraction of sp³-hybridized carbons (Fsp3) is 0.652. The molecule has 2 saturated heterocycles. The number of ether oxygens (including phenoxy) is 1. The van der Waals surface area contributed by atoms with E-state index in [9.17, 15) is 9.59 Å². The van der Waals surface area contributed by atoms with Gasteiger partial charge in [-0.2, -0.15) is 0 Å². The Hall–Kier alpha value is -2.08. The molecule has 6 heteroatoms. The van der Waals surface area contributed by atoms with Gasteiger partial charge >= 0.3 is 0 Å². The SMILES string of the molecule is CN1CCC[C@@H]1CCNC(=O)c1ccc(OC2CCN(C(=O)C3CC3)CC2)cc1. The van der Waals surface area contributed by atoms with Crippen molar-refractivity contribution in [1.82, 2.24) is 15.1 Å². The Balaban J connectivity index is 1.19. The van der Waals surface area contributed by atoms with Gasteiger partial charge in [0, 0.05) is 50.0 Å². The van der Waals surface area contributed by atoms with Crippen LogP contribution in [-0.4, -0.2) is 67.0 Å². The third-order valence-corrected chi connectivity index (χ3v) is 6.53. The maximum atomic E-state index is 12.4. The van der Waals surface area contributed by atoms with E-state index in [-0.39, 0.29) is 12.0 Å². The molecule has 4 rings (SSSR count). The van der Waals surface area contributed by atoms with Gasteiger partial charge in [0.15, 0.2) is 0 Å². The largest absolute Gasteiger partial charge is 0.490 e. The lowest BCUT2D eigenvalue weighted by molar-refractivity contribution is -0.134. The first-order valence-electron chi connectivity index (χ1n) is 11.1. The minimum atomic E-state index is -0.0240. The molecular weight excluding hydrogens is 366 g/mol. The van der Waals surface area contributed by atoms with Crippen LogP contribution in [0.15, 0.2) is 24.3 Å². The maximum absolute atomic E-state index is 12.4. The summed E-state index contributed by atoms with van der Waals surface area (Å²) in [6, 6.07) is 8.01. The van der Waals surface area contributed by atoms with Gasteiger partial charge in [-0.3, -0.25) is 9.59 Å². The van der Waals surface area contributed by atoms with E-state index in [0.717, 1.165) is 57.5 Å². The molecule has 3 aliphatic rings. The number of hydrogen-bond acceptors (Lipinski definition) is 4. The van der Waals surface area contributed by atoms with Crippen molar-refractivity contribution in [3.05, 3.63) is 29.8 Å². The third-order valence-electron chi connectivity index (χ3n) is 6.53. The highest BCUT2D eigenvalue weighted by atomic mass is 16.5. The molecule has 29 heavy (non-hydrogen) atoms. The van der Waals surface area contributed by atoms with Crippen molar-refractivity contribution >= 4 is 11.8 Å². The molecule has 2 amide bonds. The summed E-state index contributed by atoms with van der Waals surface area (Å²) in [6.07, 6.45) is 7.50. The van der Waals surface area contributed by atoms with Crippen molar-refractivity contribution in [2.75, 3.05) is 33.2 Å². The molecule has 1 atom stereocenters. The molecule has 6 nitrogen and oxygen atoms in total. The molecule has 0 aromatic heterocycles. The third kappa shape index (κ3) is 5.30. The predicted octanol–water partition coefficient (Wildman–Crippen LogP) is 2.68. The smallest absolute Gasteiger partial charge is 0.251 e. The molecule has 0 bridgehead atoms. The summed E-state index contributed by atoms with van der Waals surface area (Å²) in [5, 5.41) is 3.03. The number of nitrogens with zero attached hydrogens (tertiary/aromatic N) is 2. The zero-order valence-electron chi connectivity index (χ0n) is 17.4. The minimum absolute atomic E-state index is 0.0240. The Morgan fingerprint density at radius 1 is 1.03 bits per heavy atom. The van der Waals surface area contributed by atoms with Crippen LogP contribution in [0.4, 0.5) is 0 Å². The maximum Gasteiger partial charge on any atom is 0.251 e. The molecule has 1 saturated carbocycles. The van der Waals surface area contributed by atoms with E-state index >= 15 is 0 Å². The molecule has 158 valence electrons. The molecule has 3 fully saturated rings. The lowest BCUT2D eigenvalue weighted by atomic mass is 10.1. The summed E-state index contributed by atoms with van der Waals surface area (Å²) < 4.78 is 6.08. The van der Waals surface area contributed by atoms with Crippen LogP contribution in [0.25, 0.3) is 0 Å². The second kappa shape index (κ2) is 9.16. The number of likely N-dealkylation sites (tertiary alicyclic amines) is 2. The number of carbonyl (C=O) groups is 2. The van der Waals surface area contributed by atoms with Crippen LogP contribution in [0, 0.1) is 5.92 Å². The number of benzene rings is 1. The van der Waals surface area contributed by atoms with E-state index in [2.05, 4.69) is 17.3 Å². The number of rotatable bonds is 7. The van der Waals surface area contributed by atoms with E-state index in [4.69, 9.17) is 4.74 Å². The molecule has 1 aromatic rings. The van der Waals surface area contributed by atoms with Gasteiger partial charge in [-0.25, -0.2) is 0 Å². The van der Waals surface area contributed by atoms with Crippen LogP contribution in [0.1, 0.15) is 55.3 Å². The molecule has 0 radical (unpaired) electrons. The van der Waals surface area contributed by atoms with Crippen LogP contribution < -0.4 is 10.1 Å². The van der Waals surface area contributed by atoms with Crippen molar-refractivity contribution in [2.24, 2.45) is 5.92 Å². The number of amides is 2. The second-order valence-electron chi connectivity index (χ2n) is 8.76. The van der Waals surface area contributed by atoms with Crippen LogP contribution >= 0.6 is 0 Å². The van der Waals surface area contributed by atoms with Crippen molar-refractivity contribution in [1.29, 1.82) is 0 Å². The highest BCUT2D eigenvalue weighted by Gasteiger charge is 2.35. The fourth-order valence-electron chi connectivity index (χ4n) is 4.46. The predicted molar refractivity (Wildman–Crippen MR) is 112 cm³/mol. The summed E-state index contributed by atoms with van der Waals surface area (Å²) in [6.45, 7) is 3.45. The standard InChI is InChI=1S/C23H33N3O3/c1-25-14-2-3-19(25)10-13-24-22(27)17-6-8-20(9-7-17)29-21-11-15-26(16-12-21)23(28)18-4-5-18/h6-9,18-19,21H,2-5,10-16H2,1H3,(H,24,27)/t19-/m1/s1. The first-order chi connectivity index (χ1) is 14.1. The van der Waals surface area contributed by atoms with Gasteiger partial charge in [-0.05, 0) is 70.0 Å². The van der Waals surface area contributed by atoms with Crippen molar-refractivity contribution in [3.8, 4) is 5.75 Å². The van der Waals surface area contributed by atoms with Crippen molar-refractivity contribution in [2.45, 2.75) is 57.1 Å². The number of piperidine rings is 1. The molecule has 1 aromatic carbocycles. The summed E-state index contributed by atoms with van der Waals surface area (Å²) in [7, 11) is 2.16. The molecule has 0 spiro atoms. The quantitative estimate of drug-likeness (QED) is 0.766. The van der Waals surface area contributed by atoms with Gasteiger partial charge in [-0.15, -0.1) is 0 Å². The summed E-state index contributed by atoms with van der Waals surface area (Å²) >= 11 is 0. The zero-order valence-corrected chi connectivity index (χ0v) is 17.4. The Morgan fingerprint density at radius 3 is 2.38 bits per heavy atom. The normalized spacial score (nSPS) is 23.2. The highest BCUT2D eigenvalue weighted by Crippen LogP contribution is 2.32. The van der Waals surface area contributed by atoms with Crippen LogP contribution in [0.5, 0.6) is 5.75 Å². The van der Waals surface area contributed by atoms with Crippen LogP contribution in [0.2, 0.25) is 0 Å². The van der Waals surface area contributed by atoms with Gasteiger partial charge < -0.3 is 19.9 Å². The Kier molecular flexibility index (Phi) is 6.38. The number of hydrogen-bond donors (Lipinski definition) is 1. The summed E-state index contributed by atoms with van der Waals surface area (Å²) in [4.78, 5) is 28.9. The van der Waals surface area contributed by atoms with Gasteiger partial charge in [0.1, 0.15) is 11.9 Å². The first-order valence-corrected chi connectivity index (χ1v) is 11.1. The lowest BCUT2D eigenvalue weighted by Gasteiger charge is -2.32.